The second-order valence-electron chi connectivity index (χ2n) is 12.0. The van der Waals surface area contributed by atoms with Crippen molar-refractivity contribution in [3.8, 4) is 29.0 Å². The molecule has 4 aromatic heterocycles. The van der Waals surface area contributed by atoms with Gasteiger partial charge in [0, 0.05) is 66.0 Å². The van der Waals surface area contributed by atoms with Gasteiger partial charge >= 0.3 is 6.18 Å². The molecule has 52 heavy (non-hydrogen) atoms. The van der Waals surface area contributed by atoms with Crippen molar-refractivity contribution in [2.45, 2.75) is 26.1 Å². The molecule has 0 unspecified atom stereocenters. The third kappa shape index (κ3) is 7.88. The summed E-state index contributed by atoms with van der Waals surface area (Å²) in [6, 6.07) is 8.90. The van der Waals surface area contributed by atoms with Crippen molar-refractivity contribution >= 4 is 65.8 Å². The van der Waals surface area contributed by atoms with E-state index in [1.54, 1.807) is 41.0 Å². The van der Waals surface area contributed by atoms with Crippen LogP contribution >= 0.6 is 22.9 Å². The second kappa shape index (κ2) is 14.5. The van der Waals surface area contributed by atoms with E-state index < -0.39 is 34.1 Å². The van der Waals surface area contributed by atoms with Crippen LogP contribution in [0.5, 0.6) is 0 Å². The molecule has 1 aromatic carbocycles. The first-order chi connectivity index (χ1) is 24.6. The molecule has 1 fully saturated rings. The molecule has 1 N–H and O–H groups in total. The second-order valence-corrected chi connectivity index (χ2v) is 15.0. The molecular formula is C34H28ClF3N8O4S2. The molecule has 0 spiro atoms. The maximum Gasteiger partial charge on any atom is 0.390 e. The first-order valence-corrected chi connectivity index (χ1v) is 18.8. The standard InChI is InChI=1S/C34H28ClF3N8O4S2/c1-20-42-27-18-41-31(45-14-12-44(13-15-45)11-8-34(36,37)38)25(17-39)28(27)33(48)46(20)10-3-4-21-5-6-22(35)16-24(21)23-7-9-40-29-26(19-51-30(23)29)32(47)43-52(2,49)50/h5-7,9,16,18-19H,8,10-15H2,1-2H3,(H,43,47). The molecule has 5 heterocycles. The Hall–Kier alpha value is -5.07. The molecule has 12 nitrogen and oxygen atoms in total. The van der Waals surface area contributed by atoms with Gasteiger partial charge in [-0.3, -0.25) is 24.0 Å². The maximum atomic E-state index is 13.9. The van der Waals surface area contributed by atoms with Crippen molar-refractivity contribution in [2.24, 2.45) is 0 Å². The molecule has 0 radical (unpaired) electrons. The van der Waals surface area contributed by atoms with E-state index in [0.29, 0.717) is 63.9 Å². The van der Waals surface area contributed by atoms with E-state index in [1.807, 2.05) is 4.72 Å². The summed E-state index contributed by atoms with van der Waals surface area (Å²) < 4.78 is 65.4. The van der Waals surface area contributed by atoms with Crippen molar-refractivity contribution < 1.29 is 26.4 Å². The minimum Gasteiger partial charge on any atom is -0.353 e. The fourth-order valence-electron chi connectivity index (χ4n) is 5.90. The first-order valence-electron chi connectivity index (χ1n) is 15.6. The van der Waals surface area contributed by atoms with E-state index in [4.69, 9.17) is 11.6 Å². The van der Waals surface area contributed by atoms with Crippen molar-refractivity contribution in [1.29, 1.82) is 5.26 Å². The molecule has 1 saturated heterocycles. The first kappa shape index (κ1) is 36.7. The van der Waals surface area contributed by atoms with Crippen LogP contribution in [0.1, 0.15) is 33.7 Å². The van der Waals surface area contributed by atoms with Gasteiger partial charge in [-0.1, -0.05) is 23.4 Å². The molecule has 18 heteroatoms. The molecule has 0 aliphatic carbocycles. The molecule has 5 aromatic rings. The summed E-state index contributed by atoms with van der Waals surface area (Å²) in [5, 5.41) is 12.2. The van der Waals surface area contributed by atoms with Crippen LogP contribution in [0.15, 0.2) is 46.8 Å². The van der Waals surface area contributed by atoms with Crippen molar-refractivity contribution in [3.05, 3.63) is 79.9 Å². The Morgan fingerprint density at radius 2 is 1.88 bits per heavy atom. The molecular weight excluding hydrogens is 741 g/mol. The summed E-state index contributed by atoms with van der Waals surface area (Å²) in [5.74, 6) is 5.93. The molecule has 6 rings (SSSR count). The number of aromatic nitrogens is 4. The summed E-state index contributed by atoms with van der Waals surface area (Å²) in [4.78, 5) is 43.3. The normalized spacial score (nSPS) is 13.9. The number of anilines is 1. The molecule has 0 atom stereocenters. The number of halogens is 4. The van der Waals surface area contributed by atoms with Gasteiger partial charge in [-0.2, -0.15) is 18.4 Å². The zero-order valence-corrected chi connectivity index (χ0v) is 30.0. The third-order valence-electron chi connectivity index (χ3n) is 8.37. The summed E-state index contributed by atoms with van der Waals surface area (Å²) >= 11 is 7.59. The lowest BCUT2D eigenvalue weighted by Gasteiger charge is -2.35. The number of alkyl halides is 3. The molecule has 1 amide bonds. The van der Waals surface area contributed by atoms with Crippen LogP contribution in [0.4, 0.5) is 19.0 Å². The number of aryl methyl sites for hydroxylation is 1. The van der Waals surface area contributed by atoms with Gasteiger partial charge in [-0.25, -0.2) is 23.1 Å². The number of rotatable bonds is 7. The number of nitrogens with one attached hydrogen (secondary N) is 1. The number of fused-ring (bicyclic) bond motifs is 2. The summed E-state index contributed by atoms with van der Waals surface area (Å²) in [6.45, 7) is 2.78. The number of thiophene rings is 1. The number of carbonyl (C=O) groups excluding carboxylic acids is 1. The Kier molecular flexibility index (Phi) is 10.2. The van der Waals surface area contributed by atoms with Crippen LogP contribution in [-0.4, -0.2) is 83.9 Å². The number of hydrogen-bond acceptors (Lipinski definition) is 11. The largest absolute Gasteiger partial charge is 0.390 e. The van der Waals surface area contributed by atoms with Gasteiger partial charge in [0.1, 0.15) is 23.3 Å². The number of nitriles is 1. The number of pyridine rings is 2. The SMILES string of the molecule is Cc1nc2cnc(N3CCN(CCC(F)(F)F)CC3)c(C#N)c2c(=O)n1CC#Cc1ccc(Cl)cc1-c1ccnc2c(C(=O)NS(C)(=O)=O)csc12. The quantitative estimate of drug-likeness (QED) is 0.230. The number of benzene rings is 1. The minimum atomic E-state index is -4.25. The smallest absolute Gasteiger partial charge is 0.353 e. The number of carbonyl (C=O) groups is 1. The van der Waals surface area contributed by atoms with E-state index in [1.165, 1.54) is 33.7 Å². The predicted molar refractivity (Wildman–Crippen MR) is 192 cm³/mol. The van der Waals surface area contributed by atoms with E-state index >= 15 is 0 Å². The summed E-state index contributed by atoms with van der Waals surface area (Å²) in [5.41, 5.74) is 1.99. The average Bonchev–Trinajstić information content (AvgIpc) is 3.53. The van der Waals surface area contributed by atoms with Gasteiger partial charge in [-0.15, -0.1) is 11.3 Å². The van der Waals surface area contributed by atoms with Crippen molar-refractivity contribution in [1.82, 2.24) is 29.1 Å². The minimum absolute atomic E-state index is 0.0303. The topological polar surface area (TPSA) is 154 Å². The van der Waals surface area contributed by atoms with Gasteiger partial charge in [0.2, 0.25) is 10.0 Å². The van der Waals surface area contributed by atoms with Gasteiger partial charge in [0.05, 0.1) is 52.1 Å². The third-order valence-corrected chi connectivity index (χ3v) is 10.2. The van der Waals surface area contributed by atoms with Crippen LogP contribution in [-0.2, 0) is 16.6 Å². The van der Waals surface area contributed by atoms with Gasteiger partial charge in [0.25, 0.3) is 11.5 Å². The van der Waals surface area contributed by atoms with Crippen molar-refractivity contribution in [3.63, 3.8) is 0 Å². The lowest BCUT2D eigenvalue weighted by Crippen LogP contribution is -2.47. The average molecular weight is 769 g/mol. The van der Waals surface area contributed by atoms with Crippen LogP contribution in [0, 0.1) is 30.1 Å². The van der Waals surface area contributed by atoms with E-state index in [0.717, 1.165) is 6.26 Å². The highest BCUT2D eigenvalue weighted by Crippen LogP contribution is 2.36. The predicted octanol–water partition coefficient (Wildman–Crippen LogP) is 4.72. The fourth-order valence-corrected chi connectivity index (χ4v) is 7.55. The zero-order valence-electron chi connectivity index (χ0n) is 27.6. The van der Waals surface area contributed by atoms with Gasteiger partial charge < -0.3 is 4.90 Å². The number of nitrogens with zero attached hydrogens (tertiary/aromatic N) is 7. The van der Waals surface area contributed by atoms with Crippen molar-refractivity contribution in [2.75, 3.05) is 43.9 Å². The van der Waals surface area contributed by atoms with Gasteiger partial charge in [-0.05, 0) is 31.2 Å². The lowest BCUT2D eigenvalue weighted by atomic mass is 10.00. The number of piperazine rings is 1. The van der Waals surface area contributed by atoms with Crippen LogP contribution in [0.25, 0.3) is 32.2 Å². The van der Waals surface area contributed by atoms with E-state index in [9.17, 15) is 36.4 Å². The summed E-state index contributed by atoms with van der Waals surface area (Å²) in [7, 11) is -3.80. The highest BCUT2D eigenvalue weighted by molar-refractivity contribution is 7.89. The monoisotopic (exact) mass is 768 g/mol. The molecule has 268 valence electrons. The molecule has 1 aliphatic heterocycles. The van der Waals surface area contributed by atoms with Gasteiger partial charge in [0.15, 0.2) is 0 Å². The fraction of sp³-hybridized carbons (Fsp3) is 0.294. The van der Waals surface area contributed by atoms with E-state index in [2.05, 4.69) is 32.9 Å². The van der Waals surface area contributed by atoms with Crippen LogP contribution in [0.3, 0.4) is 0 Å². The maximum absolute atomic E-state index is 13.9. The Morgan fingerprint density at radius 1 is 1.13 bits per heavy atom. The number of sulfonamides is 1. The highest BCUT2D eigenvalue weighted by atomic mass is 35.5. The molecule has 0 saturated carbocycles. The lowest BCUT2D eigenvalue weighted by molar-refractivity contribution is -0.138. The Morgan fingerprint density at radius 3 is 2.58 bits per heavy atom. The van der Waals surface area contributed by atoms with Crippen LogP contribution < -0.4 is 15.2 Å². The zero-order chi connectivity index (χ0) is 37.4. The Bertz CT molecular complexity index is 2510. The Balaban J connectivity index is 1.31. The highest BCUT2D eigenvalue weighted by Gasteiger charge is 2.30. The van der Waals surface area contributed by atoms with Crippen LogP contribution in [0.2, 0.25) is 5.02 Å². The Labute approximate surface area is 304 Å². The molecule has 0 bridgehead atoms. The van der Waals surface area contributed by atoms with E-state index in [-0.39, 0.29) is 40.9 Å². The summed E-state index contributed by atoms with van der Waals surface area (Å²) in [6.07, 6.45) is -1.36. The molecule has 1 aliphatic rings. The number of amides is 1. The number of hydrogen-bond donors (Lipinski definition) is 1.